The van der Waals surface area contributed by atoms with Gasteiger partial charge in [-0.3, -0.25) is 4.79 Å². The van der Waals surface area contributed by atoms with Crippen LogP contribution in [0, 0.1) is 16.7 Å². The molecule has 0 aromatic rings. The van der Waals surface area contributed by atoms with E-state index in [1.165, 1.54) is 20.3 Å². The first-order chi connectivity index (χ1) is 7.44. The molecule has 1 aliphatic carbocycles. The highest BCUT2D eigenvalue weighted by molar-refractivity contribution is 5.81. The number of nitrogens with two attached hydrogens (primary N) is 1. The molecule has 0 aliphatic heterocycles. The van der Waals surface area contributed by atoms with Gasteiger partial charge in [0.1, 0.15) is 5.78 Å². The van der Waals surface area contributed by atoms with E-state index in [2.05, 4.69) is 6.07 Å². The number of primary amides is 1. The van der Waals surface area contributed by atoms with Gasteiger partial charge in [0.2, 0.25) is 5.91 Å². The minimum absolute atomic E-state index is 0.167. The van der Waals surface area contributed by atoms with Gasteiger partial charge in [0.15, 0.2) is 0 Å². The van der Waals surface area contributed by atoms with E-state index in [0.717, 1.165) is 25.7 Å². The molecular formula is C12H20N2O2. The fourth-order valence-corrected chi connectivity index (χ4v) is 1.89. The normalized spacial score (nSPS) is 17.6. The van der Waals surface area contributed by atoms with E-state index in [1.54, 1.807) is 0 Å². The molecule has 0 saturated heterocycles. The van der Waals surface area contributed by atoms with Crippen LogP contribution < -0.4 is 5.73 Å². The molecule has 4 heteroatoms. The van der Waals surface area contributed by atoms with Crippen molar-refractivity contribution in [2.75, 3.05) is 0 Å². The predicted octanol–water partition coefficient (Wildman–Crippen LogP) is 1.93. The molecule has 4 nitrogen and oxygen atoms in total. The number of nitrogens with zero attached hydrogens (tertiary/aromatic N) is 1. The molecule has 0 radical (unpaired) electrons. The summed E-state index contributed by atoms with van der Waals surface area (Å²) in [4.78, 5) is 20.6. The zero-order valence-corrected chi connectivity index (χ0v) is 10.1. The number of Topliss-reactive ketones (excluding diaryl/α,β-unsaturated/α-hetero) is 1. The fourth-order valence-electron chi connectivity index (χ4n) is 1.89. The van der Waals surface area contributed by atoms with Crippen LogP contribution in [0.2, 0.25) is 0 Å². The smallest absolute Gasteiger partial charge is 0.224 e. The number of ketones is 1. The van der Waals surface area contributed by atoms with Crippen molar-refractivity contribution in [1.29, 1.82) is 5.26 Å². The zero-order chi connectivity index (χ0) is 12.6. The first-order valence-electron chi connectivity index (χ1n) is 5.58. The van der Waals surface area contributed by atoms with Crippen LogP contribution >= 0.6 is 0 Å². The third-order valence-corrected chi connectivity index (χ3v) is 2.75. The van der Waals surface area contributed by atoms with Gasteiger partial charge in [0.25, 0.3) is 0 Å². The number of nitriles is 1. The summed E-state index contributed by atoms with van der Waals surface area (Å²) in [5.74, 6) is -0.122. The molecule has 1 fully saturated rings. The Labute approximate surface area is 96.8 Å². The molecule has 0 aromatic carbocycles. The molecule has 0 aromatic heterocycles. The van der Waals surface area contributed by atoms with E-state index in [9.17, 15) is 9.59 Å². The Morgan fingerprint density at radius 1 is 1.25 bits per heavy atom. The highest BCUT2D eigenvalue weighted by Gasteiger charge is 2.37. The third-order valence-electron chi connectivity index (χ3n) is 2.75. The average molecular weight is 224 g/mol. The van der Waals surface area contributed by atoms with E-state index in [4.69, 9.17) is 11.0 Å². The number of carbonyl (C=O) groups is 2. The van der Waals surface area contributed by atoms with E-state index in [1.807, 2.05) is 0 Å². The molecule has 0 spiro atoms. The summed E-state index contributed by atoms with van der Waals surface area (Å²) >= 11 is 0. The van der Waals surface area contributed by atoms with Crippen LogP contribution in [0.25, 0.3) is 0 Å². The monoisotopic (exact) mass is 224 g/mol. The van der Waals surface area contributed by atoms with Gasteiger partial charge in [-0.1, -0.05) is 19.3 Å². The Hall–Kier alpha value is -1.37. The van der Waals surface area contributed by atoms with Crippen molar-refractivity contribution < 1.29 is 9.59 Å². The summed E-state index contributed by atoms with van der Waals surface area (Å²) < 4.78 is 0. The molecule has 1 aliphatic rings. The number of hydrogen-bond donors (Lipinski definition) is 1. The Balaban J connectivity index is 0.000000487. The maximum Gasteiger partial charge on any atom is 0.224 e. The zero-order valence-electron chi connectivity index (χ0n) is 10.1. The molecule has 0 atom stereocenters. The van der Waals surface area contributed by atoms with Crippen LogP contribution in [0.4, 0.5) is 0 Å². The van der Waals surface area contributed by atoms with Crippen LogP contribution in [0.15, 0.2) is 0 Å². The second-order valence-corrected chi connectivity index (χ2v) is 4.45. The summed E-state index contributed by atoms with van der Waals surface area (Å²) in [6, 6.07) is 2.06. The lowest BCUT2D eigenvalue weighted by Gasteiger charge is -2.31. The topological polar surface area (TPSA) is 83.9 Å². The maximum atomic E-state index is 11.1. The Bertz CT molecular complexity index is 282. The van der Waals surface area contributed by atoms with E-state index in [-0.39, 0.29) is 11.7 Å². The van der Waals surface area contributed by atoms with Crippen LogP contribution in [0.1, 0.15) is 52.4 Å². The summed E-state index contributed by atoms with van der Waals surface area (Å²) in [7, 11) is 0. The van der Waals surface area contributed by atoms with Crippen molar-refractivity contribution in [2.45, 2.75) is 52.4 Å². The number of carbonyl (C=O) groups excluding carboxylic acids is 2. The van der Waals surface area contributed by atoms with Crippen LogP contribution in [-0.4, -0.2) is 11.7 Å². The maximum absolute atomic E-state index is 11.1. The van der Waals surface area contributed by atoms with Crippen molar-refractivity contribution in [3.05, 3.63) is 0 Å². The molecule has 1 rings (SSSR count). The lowest BCUT2D eigenvalue weighted by atomic mass is 9.71. The SMILES string of the molecule is CC(C)=O.N#CCC1(C(N)=O)CCCCC1. The number of hydrogen-bond acceptors (Lipinski definition) is 3. The summed E-state index contributed by atoms with van der Waals surface area (Å²) in [5, 5.41) is 8.57. The standard InChI is InChI=1S/C9H14N2O.C3H6O/c10-7-6-9(8(11)12)4-2-1-3-5-9;1-3(2)4/h1-6H2,(H2,11,12);1-2H3. The molecule has 2 N–H and O–H groups in total. The van der Waals surface area contributed by atoms with Crippen molar-refractivity contribution in [3.63, 3.8) is 0 Å². The summed E-state index contributed by atoms with van der Waals surface area (Å²) in [5.41, 5.74) is 4.81. The number of amides is 1. The molecule has 90 valence electrons. The second-order valence-electron chi connectivity index (χ2n) is 4.45. The lowest BCUT2D eigenvalue weighted by molar-refractivity contribution is -0.129. The Morgan fingerprint density at radius 2 is 1.69 bits per heavy atom. The quantitative estimate of drug-likeness (QED) is 0.777. The molecule has 0 unspecified atom stereocenters. The Morgan fingerprint density at radius 3 is 2.00 bits per heavy atom. The Kier molecular flexibility index (Phi) is 6.40. The van der Waals surface area contributed by atoms with Crippen LogP contribution in [0.5, 0.6) is 0 Å². The van der Waals surface area contributed by atoms with Gasteiger partial charge >= 0.3 is 0 Å². The highest BCUT2D eigenvalue weighted by atomic mass is 16.1. The van der Waals surface area contributed by atoms with Gasteiger partial charge in [-0.05, 0) is 26.7 Å². The first kappa shape index (κ1) is 14.6. The van der Waals surface area contributed by atoms with Crippen molar-refractivity contribution in [3.8, 4) is 6.07 Å². The summed E-state index contributed by atoms with van der Waals surface area (Å²) in [6.07, 6.45) is 5.13. The lowest BCUT2D eigenvalue weighted by Crippen LogP contribution is -2.38. The minimum Gasteiger partial charge on any atom is -0.369 e. The molecule has 1 amide bonds. The largest absolute Gasteiger partial charge is 0.369 e. The molecule has 16 heavy (non-hydrogen) atoms. The second kappa shape index (κ2) is 7.00. The first-order valence-corrected chi connectivity index (χ1v) is 5.58. The van der Waals surface area contributed by atoms with E-state index >= 15 is 0 Å². The van der Waals surface area contributed by atoms with Crippen LogP contribution in [0.3, 0.4) is 0 Å². The van der Waals surface area contributed by atoms with Gasteiger partial charge in [-0.25, -0.2) is 0 Å². The van der Waals surface area contributed by atoms with E-state index < -0.39 is 5.41 Å². The molecule has 0 bridgehead atoms. The number of rotatable bonds is 2. The minimum atomic E-state index is -0.493. The average Bonchev–Trinajstić information content (AvgIpc) is 2.18. The highest BCUT2D eigenvalue weighted by Crippen LogP contribution is 2.38. The van der Waals surface area contributed by atoms with Gasteiger partial charge in [0, 0.05) is 6.42 Å². The third kappa shape index (κ3) is 4.92. The molecular weight excluding hydrogens is 204 g/mol. The van der Waals surface area contributed by atoms with Crippen molar-refractivity contribution in [2.24, 2.45) is 11.1 Å². The van der Waals surface area contributed by atoms with Crippen molar-refractivity contribution in [1.82, 2.24) is 0 Å². The van der Waals surface area contributed by atoms with Gasteiger partial charge in [0.05, 0.1) is 11.5 Å². The van der Waals surface area contributed by atoms with Gasteiger partial charge in [-0.2, -0.15) is 5.26 Å². The molecule has 0 heterocycles. The van der Waals surface area contributed by atoms with Gasteiger partial charge < -0.3 is 10.5 Å². The van der Waals surface area contributed by atoms with Crippen molar-refractivity contribution >= 4 is 11.7 Å². The molecule has 1 saturated carbocycles. The fraction of sp³-hybridized carbons (Fsp3) is 0.750. The summed E-state index contributed by atoms with van der Waals surface area (Å²) in [6.45, 7) is 3.06. The van der Waals surface area contributed by atoms with Crippen LogP contribution in [-0.2, 0) is 9.59 Å². The van der Waals surface area contributed by atoms with E-state index in [0.29, 0.717) is 6.42 Å². The van der Waals surface area contributed by atoms with Gasteiger partial charge in [-0.15, -0.1) is 0 Å². The predicted molar refractivity (Wildman–Crippen MR) is 61.3 cm³/mol.